The number of carbonyl (C=O) groups is 1. The van der Waals surface area contributed by atoms with Crippen molar-refractivity contribution in [2.75, 3.05) is 48.4 Å². The molecule has 0 spiro atoms. The minimum Gasteiger partial charge on any atom is -0.443 e. The second-order valence-electron chi connectivity index (χ2n) is 10.8. The van der Waals surface area contributed by atoms with Crippen LogP contribution >= 0.6 is 0 Å². The van der Waals surface area contributed by atoms with Crippen molar-refractivity contribution in [2.45, 2.75) is 77.9 Å². The van der Waals surface area contributed by atoms with Crippen LogP contribution in [0.15, 0.2) is 36.4 Å². The number of anilines is 3. The molecule has 208 valence electrons. The average molecular weight is 527 g/mol. The quantitative estimate of drug-likeness (QED) is 0.454. The zero-order valence-corrected chi connectivity index (χ0v) is 23.2. The Morgan fingerprint density at radius 2 is 1.97 bits per heavy atom. The molecule has 2 unspecified atom stereocenters. The molecule has 4 rings (SSSR count). The Labute approximate surface area is 226 Å². The Bertz CT molecular complexity index is 1060. The molecule has 2 atom stereocenters. The summed E-state index contributed by atoms with van der Waals surface area (Å²) in [6, 6.07) is 11.3. The summed E-state index contributed by atoms with van der Waals surface area (Å²) in [5, 5.41) is 0. The van der Waals surface area contributed by atoms with Crippen molar-refractivity contribution < 1.29 is 23.7 Å². The fourth-order valence-electron chi connectivity index (χ4n) is 4.80. The molecule has 2 aliphatic rings. The van der Waals surface area contributed by atoms with Crippen LogP contribution in [0.4, 0.5) is 22.0 Å². The van der Waals surface area contributed by atoms with Gasteiger partial charge in [0.05, 0.1) is 31.6 Å². The molecule has 1 aromatic heterocycles. The van der Waals surface area contributed by atoms with Crippen LogP contribution in [0.2, 0.25) is 0 Å². The van der Waals surface area contributed by atoms with Crippen LogP contribution in [-0.4, -0.2) is 55.9 Å². The van der Waals surface area contributed by atoms with E-state index >= 15 is 0 Å². The van der Waals surface area contributed by atoms with E-state index in [0.29, 0.717) is 37.7 Å². The van der Waals surface area contributed by atoms with Crippen molar-refractivity contribution in [3.63, 3.8) is 0 Å². The highest BCUT2D eigenvalue weighted by atomic mass is 16.7. The average Bonchev–Trinajstić information content (AvgIpc) is 2.90. The van der Waals surface area contributed by atoms with Gasteiger partial charge in [0.15, 0.2) is 6.29 Å². The van der Waals surface area contributed by atoms with Gasteiger partial charge >= 0.3 is 6.09 Å². The second kappa shape index (κ2) is 12.8. The highest BCUT2D eigenvalue weighted by Crippen LogP contribution is 2.34. The molecule has 0 saturated carbocycles. The summed E-state index contributed by atoms with van der Waals surface area (Å²) in [4.78, 5) is 22.6. The third-order valence-corrected chi connectivity index (χ3v) is 6.61. The summed E-state index contributed by atoms with van der Waals surface area (Å²) in [6.45, 7) is 11.5. The fourth-order valence-corrected chi connectivity index (χ4v) is 4.80. The van der Waals surface area contributed by atoms with Gasteiger partial charge in [0.2, 0.25) is 0 Å². The Hall–Kier alpha value is -2.88. The van der Waals surface area contributed by atoms with Gasteiger partial charge in [-0.1, -0.05) is 19.1 Å². The van der Waals surface area contributed by atoms with E-state index in [1.807, 2.05) is 64.1 Å². The lowest BCUT2D eigenvalue weighted by Crippen LogP contribution is -2.40. The standard InChI is InChI=1S/C29H42N4O5/c1-5-25(21-9-8-10-22(30)17-21)33(28(34)38-29(2,3)4)26-19-24(32-12-15-35-16-13-32)18-23(31-26)20-37-27-11-6-7-14-36-27/h8-10,17-19,25,27H,5-7,11-16,20,30H2,1-4H3. The number of rotatable bonds is 8. The molecular weight excluding hydrogens is 484 g/mol. The first-order valence-corrected chi connectivity index (χ1v) is 13.7. The molecule has 2 aromatic rings. The van der Waals surface area contributed by atoms with Crippen molar-refractivity contribution in [3.05, 3.63) is 47.7 Å². The van der Waals surface area contributed by atoms with E-state index in [1.165, 1.54) is 0 Å². The molecule has 2 saturated heterocycles. The van der Waals surface area contributed by atoms with E-state index in [1.54, 1.807) is 4.90 Å². The normalized spacial score (nSPS) is 19.2. The Kier molecular flexibility index (Phi) is 9.46. The lowest BCUT2D eigenvalue weighted by molar-refractivity contribution is -0.169. The van der Waals surface area contributed by atoms with E-state index in [2.05, 4.69) is 4.90 Å². The van der Waals surface area contributed by atoms with Crippen molar-refractivity contribution in [1.29, 1.82) is 0 Å². The first-order chi connectivity index (χ1) is 18.2. The van der Waals surface area contributed by atoms with Gasteiger partial charge in [0, 0.05) is 37.1 Å². The van der Waals surface area contributed by atoms with Crippen molar-refractivity contribution in [3.8, 4) is 0 Å². The third-order valence-electron chi connectivity index (χ3n) is 6.61. The number of nitrogens with zero attached hydrogens (tertiary/aromatic N) is 3. The minimum absolute atomic E-state index is 0.237. The van der Waals surface area contributed by atoms with Gasteiger partial charge in [-0.3, -0.25) is 4.90 Å². The molecule has 2 aliphatic heterocycles. The predicted octanol–water partition coefficient (Wildman–Crippen LogP) is 5.44. The largest absolute Gasteiger partial charge is 0.443 e. The SMILES string of the molecule is CCC(c1cccc(N)c1)N(C(=O)OC(C)(C)C)c1cc(N2CCOCC2)cc(COC2CCCCO2)n1. The highest BCUT2D eigenvalue weighted by Gasteiger charge is 2.32. The van der Waals surface area contributed by atoms with Crippen LogP contribution < -0.4 is 15.5 Å². The lowest BCUT2D eigenvalue weighted by Gasteiger charge is -2.34. The van der Waals surface area contributed by atoms with E-state index in [4.69, 9.17) is 29.7 Å². The van der Waals surface area contributed by atoms with Crippen LogP contribution in [0.5, 0.6) is 0 Å². The van der Waals surface area contributed by atoms with E-state index in [9.17, 15) is 4.79 Å². The maximum absolute atomic E-state index is 13.8. The molecule has 3 heterocycles. The van der Waals surface area contributed by atoms with Gasteiger partial charge < -0.3 is 29.6 Å². The van der Waals surface area contributed by atoms with Gasteiger partial charge in [-0.15, -0.1) is 0 Å². The number of hydrogen-bond acceptors (Lipinski definition) is 8. The Morgan fingerprint density at radius 3 is 2.63 bits per heavy atom. The number of aromatic nitrogens is 1. The van der Waals surface area contributed by atoms with E-state index in [-0.39, 0.29) is 18.9 Å². The summed E-state index contributed by atoms with van der Waals surface area (Å²) in [5.41, 5.74) is 8.72. The molecule has 9 nitrogen and oxygen atoms in total. The number of benzene rings is 1. The molecule has 1 aromatic carbocycles. The number of amides is 1. The van der Waals surface area contributed by atoms with Gasteiger partial charge in [0.25, 0.3) is 0 Å². The van der Waals surface area contributed by atoms with Crippen LogP contribution in [0.3, 0.4) is 0 Å². The number of carbonyl (C=O) groups excluding carboxylic acids is 1. The van der Waals surface area contributed by atoms with Gasteiger partial charge in [-0.2, -0.15) is 0 Å². The predicted molar refractivity (Wildman–Crippen MR) is 148 cm³/mol. The third kappa shape index (κ3) is 7.58. The minimum atomic E-state index is -0.671. The van der Waals surface area contributed by atoms with Crippen LogP contribution in [0, 0.1) is 0 Å². The summed E-state index contributed by atoms with van der Waals surface area (Å²) in [5.74, 6) is 0.515. The monoisotopic (exact) mass is 526 g/mol. The van der Waals surface area contributed by atoms with Crippen LogP contribution in [0.25, 0.3) is 0 Å². The van der Waals surface area contributed by atoms with Crippen molar-refractivity contribution >= 4 is 23.3 Å². The number of pyridine rings is 1. The highest BCUT2D eigenvalue weighted by molar-refractivity contribution is 5.88. The Balaban J connectivity index is 1.74. The topological polar surface area (TPSA) is 99.4 Å². The van der Waals surface area contributed by atoms with Gasteiger partial charge in [-0.25, -0.2) is 9.78 Å². The lowest BCUT2D eigenvalue weighted by atomic mass is 10.0. The zero-order valence-electron chi connectivity index (χ0n) is 23.2. The number of nitrogens with two attached hydrogens (primary N) is 1. The summed E-state index contributed by atoms with van der Waals surface area (Å²) >= 11 is 0. The molecule has 0 bridgehead atoms. The molecular formula is C29H42N4O5. The van der Waals surface area contributed by atoms with Crippen molar-refractivity contribution in [2.24, 2.45) is 0 Å². The number of hydrogen-bond donors (Lipinski definition) is 1. The smallest absolute Gasteiger partial charge is 0.416 e. The molecule has 9 heteroatoms. The molecule has 2 N–H and O–H groups in total. The zero-order chi connectivity index (χ0) is 27.1. The Morgan fingerprint density at radius 1 is 1.18 bits per heavy atom. The second-order valence-corrected chi connectivity index (χ2v) is 10.8. The first-order valence-electron chi connectivity index (χ1n) is 13.7. The number of ether oxygens (including phenoxy) is 4. The molecule has 1 amide bonds. The summed E-state index contributed by atoms with van der Waals surface area (Å²) < 4.78 is 23.3. The van der Waals surface area contributed by atoms with Gasteiger partial charge in [0.1, 0.15) is 11.4 Å². The summed E-state index contributed by atoms with van der Waals surface area (Å²) in [6.07, 6.45) is 2.96. The van der Waals surface area contributed by atoms with Crippen molar-refractivity contribution in [1.82, 2.24) is 4.98 Å². The maximum atomic E-state index is 13.8. The van der Waals surface area contributed by atoms with E-state index in [0.717, 1.165) is 49.3 Å². The fraction of sp³-hybridized carbons (Fsp3) is 0.586. The molecule has 2 fully saturated rings. The summed E-state index contributed by atoms with van der Waals surface area (Å²) in [7, 11) is 0. The van der Waals surface area contributed by atoms with Crippen LogP contribution in [-0.2, 0) is 25.6 Å². The molecule has 0 aliphatic carbocycles. The number of morpholine rings is 1. The number of nitrogen functional groups attached to an aromatic ring is 1. The maximum Gasteiger partial charge on any atom is 0.416 e. The van der Waals surface area contributed by atoms with Gasteiger partial charge in [-0.05, 0) is 70.2 Å². The van der Waals surface area contributed by atoms with E-state index < -0.39 is 11.7 Å². The molecule has 0 radical (unpaired) electrons. The van der Waals surface area contributed by atoms with Crippen LogP contribution in [0.1, 0.15) is 70.7 Å². The first kappa shape index (κ1) is 28.1. The molecule has 38 heavy (non-hydrogen) atoms.